The molecule has 2 heterocycles. The summed E-state index contributed by atoms with van der Waals surface area (Å²) < 4.78 is 0. The van der Waals surface area contributed by atoms with Crippen LogP contribution in [0.2, 0.25) is 0 Å². The molecule has 0 bridgehead atoms. The molecule has 1 aromatic rings. The molecule has 0 aromatic heterocycles. The molecule has 136 valence electrons. The highest BCUT2D eigenvalue weighted by Gasteiger charge is 2.20. The average molecular weight is 341 g/mol. The molecule has 4 nitrogen and oxygen atoms in total. The van der Waals surface area contributed by atoms with Crippen molar-refractivity contribution in [2.75, 3.05) is 46.8 Å². The number of piperidine rings is 2. The summed E-state index contributed by atoms with van der Waals surface area (Å²) in [6, 6.07) is 10.7. The molecule has 1 aromatic carbocycles. The Labute approximate surface area is 152 Å². The summed E-state index contributed by atoms with van der Waals surface area (Å²) >= 11 is 0. The van der Waals surface area contributed by atoms with Crippen LogP contribution in [-0.2, 0) is 0 Å². The van der Waals surface area contributed by atoms with Gasteiger partial charge in [-0.05, 0) is 50.8 Å². The zero-order valence-electron chi connectivity index (χ0n) is 15.7. The van der Waals surface area contributed by atoms with E-state index in [0.29, 0.717) is 0 Å². The topological polar surface area (TPSA) is 30.9 Å². The van der Waals surface area contributed by atoms with Crippen molar-refractivity contribution in [1.29, 1.82) is 0 Å². The minimum Gasteiger partial charge on any atom is -0.356 e. The van der Waals surface area contributed by atoms with Gasteiger partial charge >= 0.3 is 0 Å². The van der Waals surface area contributed by atoms with E-state index in [1.165, 1.54) is 31.5 Å². The number of guanidine groups is 1. The van der Waals surface area contributed by atoms with Gasteiger partial charge in [0.2, 0.25) is 0 Å². The van der Waals surface area contributed by atoms with Crippen LogP contribution in [-0.4, -0.2) is 62.6 Å². The van der Waals surface area contributed by atoms with E-state index in [4.69, 9.17) is 0 Å². The maximum Gasteiger partial charge on any atom is 0.193 e. The minimum atomic E-state index is 0.744. The van der Waals surface area contributed by atoms with Crippen molar-refractivity contribution in [1.82, 2.24) is 15.1 Å². The molecule has 2 saturated heterocycles. The zero-order chi connectivity index (χ0) is 17.5. The molecule has 1 unspecified atom stereocenters. The molecule has 2 aliphatic rings. The van der Waals surface area contributed by atoms with Gasteiger partial charge in [0.1, 0.15) is 0 Å². The summed E-state index contributed by atoms with van der Waals surface area (Å²) in [5.41, 5.74) is 2.86. The summed E-state index contributed by atoms with van der Waals surface area (Å²) in [6.07, 6.45) is 7.26. The van der Waals surface area contributed by atoms with Gasteiger partial charge in [-0.25, -0.2) is 0 Å². The van der Waals surface area contributed by atoms with Crippen LogP contribution in [0.15, 0.2) is 40.9 Å². The van der Waals surface area contributed by atoms with Crippen molar-refractivity contribution in [3.63, 3.8) is 0 Å². The third kappa shape index (κ3) is 5.33. The molecular formula is C21H32N4. The van der Waals surface area contributed by atoms with Crippen molar-refractivity contribution in [2.45, 2.75) is 25.7 Å². The summed E-state index contributed by atoms with van der Waals surface area (Å²) in [6.45, 7) is 5.61. The van der Waals surface area contributed by atoms with E-state index in [9.17, 15) is 0 Å². The molecule has 25 heavy (non-hydrogen) atoms. The second-order valence-electron chi connectivity index (χ2n) is 7.40. The van der Waals surface area contributed by atoms with E-state index in [0.717, 1.165) is 44.4 Å². The fraction of sp³-hybridized carbons (Fsp3) is 0.571. The first kappa shape index (κ1) is 18.0. The summed E-state index contributed by atoms with van der Waals surface area (Å²) in [5.74, 6) is 1.82. The maximum atomic E-state index is 4.52. The van der Waals surface area contributed by atoms with Gasteiger partial charge in [-0.3, -0.25) is 4.99 Å². The van der Waals surface area contributed by atoms with Gasteiger partial charge in [-0.15, -0.1) is 0 Å². The van der Waals surface area contributed by atoms with Crippen molar-refractivity contribution in [3.8, 4) is 0 Å². The van der Waals surface area contributed by atoms with Gasteiger partial charge < -0.3 is 15.1 Å². The lowest BCUT2D eigenvalue weighted by molar-refractivity contribution is 0.209. The lowest BCUT2D eigenvalue weighted by Crippen LogP contribution is -2.47. The third-order valence-corrected chi connectivity index (χ3v) is 5.36. The van der Waals surface area contributed by atoms with Gasteiger partial charge in [0.25, 0.3) is 0 Å². The molecule has 2 aliphatic heterocycles. The Morgan fingerprint density at radius 2 is 1.96 bits per heavy atom. The Bertz CT molecular complexity index is 583. The Balaban J connectivity index is 1.48. The predicted octanol–water partition coefficient (Wildman–Crippen LogP) is 3.08. The smallest absolute Gasteiger partial charge is 0.193 e. The molecule has 0 spiro atoms. The molecule has 2 fully saturated rings. The van der Waals surface area contributed by atoms with Crippen LogP contribution in [0, 0.1) is 5.92 Å². The second kappa shape index (κ2) is 9.04. The Hall–Kier alpha value is -1.81. The minimum absolute atomic E-state index is 0.744. The Morgan fingerprint density at radius 3 is 2.64 bits per heavy atom. The number of hydrogen-bond donors (Lipinski definition) is 1. The number of hydrogen-bond acceptors (Lipinski definition) is 2. The monoisotopic (exact) mass is 340 g/mol. The van der Waals surface area contributed by atoms with E-state index >= 15 is 0 Å². The Kier molecular flexibility index (Phi) is 6.51. The molecule has 4 heteroatoms. The van der Waals surface area contributed by atoms with Crippen LogP contribution >= 0.6 is 0 Å². The molecule has 1 atom stereocenters. The Morgan fingerprint density at radius 1 is 1.20 bits per heavy atom. The van der Waals surface area contributed by atoms with Crippen LogP contribution in [0.1, 0.15) is 31.2 Å². The van der Waals surface area contributed by atoms with Crippen molar-refractivity contribution < 1.29 is 0 Å². The van der Waals surface area contributed by atoms with Crippen molar-refractivity contribution in [3.05, 3.63) is 41.5 Å². The number of benzene rings is 1. The maximum absolute atomic E-state index is 4.52. The fourth-order valence-electron chi connectivity index (χ4n) is 3.94. The fourth-order valence-corrected chi connectivity index (χ4v) is 3.94. The SMILES string of the molecule is CN=C(NCC1CCCN(C)C1)N1CCC(=Cc2ccccc2)CC1. The number of aliphatic imine (C=N–C) groups is 1. The first-order valence-corrected chi connectivity index (χ1v) is 9.63. The van der Waals surface area contributed by atoms with Crippen molar-refractivity contribution in [2.24, 2.45) is 10.9 Å². The molecule has 0 saturated carbocycles. The summed E-state index contributed by atoms with van der Waals surface area (Å²) in [4.78, 5) is 9.38. The van der Waals surface area contributed by atoms with E-state index in [-0.39, 0.29) is 0 Å². The first-order valence-electron chi connectivity index (χ1n) is 9.63. The highest BCUT2D eigenvalue weighted by Crippen LogP contribution is 2.20. The van der Waals surface area contributed by atoms with E-state index < -0.39 is 0 Å². The standard InChI is InChI=1S/C21H32N4/c1-22-21(23-16-20-9-6-12-24(2)17-20)25-13-10-19(11-14-25)15-18-7-4-3-5-8-18/h3-5,7-8,15,20H,6,9-14,16-17H2,1-2H3,(H,22,23). The molecule has 0 radical (unpaired) electrons. The average Bonchev–Trinajstić information content (AvgIpc) is 2.64. The number of nitrogens with one attached hydrogen (secondary N) is 1. The second-order valence-corrected chi connectivity index (χ2v) is 7.40. The van der Waals surface area contributed by atoms with Crippen LogP contribution in [0.4, 0.5) is 0 Å². The quantitative estimate of drug-likeness (QED) is 0.678. The third-order valence-electron chi connectivity index (χ3n) is 5.36. The van der Waals surface area contributed by atoms with Gasteiger partial charge in [0.05, 0.1) is 0 Å². The summed E-state index contributed by atoms with van der Waals surface area (Å²) in [5, 5.41) is 3.62. The van der Waals surface area contributed by atoms with Gasteiger partial charge in [-0.1, -0.05) is 42.0 Å². The molecule has 1 N–H and O–H groups in total. The number of likely N-dealkylation sites (tertiary alicyclic amines) is 2. The molecule has 3 rings (SSSR count). The normalized spacial score (nSPS) is 22.8. The first-order chi connectivity index (χ1) is 12.2. The summed E-state index contributed by atoms with van der Waals surface area (Å²) in [7, 11) is 4.14. The highest BCUT2D eigenvalue weighted by molar-refractivity contribution is 5.80. The molecule has 0 aliphatic carbocycles. The van der Waals surface area contributed by atoms with Crippen LogP contribution < -0.4 is 5.32 Å². The number of nitrogens with zero attached hydrogens (tertiary/aromatic N) is 3. The number of rotatable bonds is 3. The predicted molar refractivity (Wildman–Crippen MR) is 107 cm³/mol. The van der Waals surface area contributed by atoms with Crippen LogP contribution in [0.3, 0.4) is 0 Å². The van der Waals surface area contributed by atoms with E-state index in [1.54, 1.807) is 5.57 Å². The van der Waals surface area contributed by atoms with Crippen LogP contribution in [0.5, 0.6) is 0 Å². The van der Waals surface area contributed by atoms with Gasteiger partial charge in [-0.2, -0.15) is 0 Å². The largest absolute Gasteiger partial charge is 0.356 e. The van der Waals surface area contributed by atoms with Gasteiger partial charge in [0.15, 0.2) is 5.96 Å². The van der Waals surface area contributed by atoms with E-state index in [2.05, 4.69) is 63.6 Å². The van der Waals surface area contributed by atoms with Crippen molar-refractivity contribution >= 4 is 12.0 Å². The molecular weight excluding hydrogens is 308 g/mol. The van der Waals surface area contributed by atoms with Gasteiger partial charge in [0, 0.05) is 33.2 Å². The highest BCUT2D eigenvalue weighted by atomic mass is 15.3. The van der Waals surface area contributed by atoms with Crippen LogP contribution in [0.25, 0.3) is 6.08 Å². The lowest BCUT2D eigenvalue weighted by Gasteiger charge is -2.34. The zero-order valence-corrected chi connectivity index (χ0v) is 15.7. The van der Waals surface area contributed by atoms with E-state index in [1.807, 2.05) is 7.05 Å². The molecule has 0 amide bonds. The lowest BCUT2D eigenvalue weighted by atomic mass is 9.98.